The molecule has 0 aliphatic carbocycles. The lowest BCUT2D eigenvalue weighted by Crippen LogP contribution is -2.46. The summed E-state index contributed by atoms with van der Waals surface area (Å²) in [6.45, 7) is 3.89. The Morgan fingerprint density at radius 3 is 2.85 bits per heavy atom. The molecule has 0 unspecified atom stereocenters. The van der Waals surface area contributed by atoms with E-state index in [2.05, 4.69) is 5.32 Å². The summed E-state index contributed by atoms with van der Waals surface area (Å²) in [5.74, 6) is -0.106. The van der Waals surface area contributed by atoms with Crippen molar-refractivity contribution in [1.29, 1.82) is 0 Å². The van der Waals surface area contributed by atoms with Gasteiger partial charge < -0.3 is 10.1 Å². The summed E-state index contributed by atoms with van der Waals surface area (Å²) in [6.07, 6.45) is 2.88. The molecule has 0 aromatic rings. The average molecular weight is 306 g/mol. The van der Waals surface area contributed by atoms with Crippen molar-refractivity contribution in [1.82, 2.24) is 9.62 Å². The van der Waals surface area contributed by atoms with Gasteiger partial charge >= 0.3 is 0 Å². The summed E-state index contributed by atoms with van der Waals surface area (Å²) in [6, 6.07) is 0. The van der Waals surface area contributed by atoms with Gasteiger partial charge in [0, 0.05) is 33.4 Å². The molecule has 1 rings (SSSR count). The monoisotopic (exact) mass is 306 g/mol. The third-order valence-electron chi connectivity index (χ3n) is 3.43. The Bertz CT molecular complexity index is 397. The van der Waals surface area contributed by atoms with Crippen LogP contribution in [0.15, 0.2) is 0 Å². The second-order valence-corrected chi connectivity index (χ2v) is 7.24. The van der Waals surface area contributed by atoms with Gasteiger partial charge in [-0.05, 0) is 25.7 Å². The van der Waals surface area contributed by atoms with E-state index in [0.717, 1.165) is 19.3 Å². The van der Waals surface area contributed by atoms with Crippen LogP contribution >= 0.6 is 0 Å². The minimum absolute atomic E-state index is 0.0440. The predicted octanol–water partition coefficient (Wildman–Crippen LogP) is 0.591. The van der Waals surface area contributed by atoms with Crippen LogP contribution in [0.3, 0.4) is 0 Å². The molecule has 0 radical (unpaired) electrons. The number of rotatable bonds is 8. The zero-order valence-electron chi connectivity index (χ0n) is 12.4. The Hall–Kier alpha value is -0.660. The highest BCUT2D eigenvalue weighted by molar-refractivity contribution is 7.89. The molecular weight excluding hydrogens is 280 g/mol. The van der Waals surface area contributed by atoms with Gasteiger partial charge in [-0.25, -0.2) is 12.7 Å². The lowest BCUT2D eigenvalue weighted by molar-refractivity contribution is -0.126. The SMILES string of the molecule is CCCS(=O)(=O)N1CCC[C@@H](C(=O)NCCCOC)C1. The topological polar surface area (TPSA) is 75.7 Å². The summed E-state index contributed by atoms with van der Waals surface area (Å²) in [5.41, 5.74) is 0. The summed E-state index contributed by atoms with van der Waals surface area (Å²) in [7, 11) is -1.57. The van der Waals surface area contributed by atoms with Crippen LogP contribution < -0.4 is 5.32 Å². The number of ether oxygens (including phenoxy) is 1. The van der Waals surface area contributed by atoms with Crippen molar-refractivity contribution in [3.8, 4) is 0 Å². The molecule has 7 heteroatoms. The predicted molar refractivity (Wildman–Crippen MR) is 77.9 cm³/mol. The lowest BCUT2D eigenvalue weighted by atomic mass is 9.99. The van der Waals surface area contributed by atoms with E-state index in [1.54, 1.807) is 7.11 Å². The molecule has 1 saturated heterocycles. The number of carbonyl (C=O) groups excluding carboxylic acids is 1. The maximum atomic E-state index is 12.0. The van der Waals surface area contributed by atoms with Crippen LogP contribution in [-0.4, -0.2) is 57.7 Å². The van der Waals surface area contributed by atoms with Crippen molar-refractivity contribution in [2.45, 2.75) is 32.6 Å². The molecular formula is C13H26N2O4S. The van der Waals surface area contributed by atoms with Crippen molar-refractivity contribution >= 4 is 15.9 Å². The standard InChI is InChI=1S/C13H26N2O4S/c1-3-10-20(17,18)15-8-4-6-12(11-15)13(16)14-7-5-9-19-2/h12H,3-11H2,1-2H3,(H,14,16)/t12-/m1/s1. The Kier molecular flexibility index (Phi) is 7.47. The Balaban J connectivity index is 2.46. The zero-order valence-corrected chi connectivity index (χ0v) is 13.2. The van der Waals surface area contributed by atoms with Crippen LogP contribution in [0.25, 0.3) is 0 Å². The summed E-state index contributed by atoms with van der Waals surface area (Å²) < 4.78 is 30.5. The summed E-state index contributed by atoms with van der Waals surface area (Å²) >= 11 is 0. The molecule has 1 atom stereocenters. The highest BCUT2D eigenvalue weighted by Crippen LogP contribution is 2.20. The van der Waals surface area contributed by atoms with Crippen molar-refractivity contribution in [2.24, 2.45) is 5.92 Å². The van der Waals surface area contributed by atoms with Gasteiger partial charge in [-0.15, -0.1) is 0 Å². The fourth-order valence-electron chi connectivity index (χ4n) is 2.37. The van der Waals surface area contributed by atoms with Crippen LogP contribution in [0.1, 0.15) is 32.6 Å². The van der Waals surface area contributed by atoms with Gasteiger partial charge in [-0.3, -0.25) is 4.79 Å². The van der Waals surface area contributed by atoms with Gasteiger partial charge in [-0.2, -0.15) is 0 Å². The van der Waals surface area contributed by atoms with Crippen LogP contribution in [0.5, 0.6) is 0 Å². The third-order valence-corrected chi connectivity index (χ3v) is 5.48. The van der Waals surface area contributed by atoms with Gasteiger partial charge in [-0.1, -0.05) is 6.92 Å². The molecule has 1 fully saturated rings. The first-order valence-corrected chi connectivity index (χ1v) is 8.86. The number of nitrogens with zero attached hydrogens (tertiary/aromatic N) is 1. The van der Waals surface area contributed by atoms with Crippen LogP contribution in [0.4, 0.5) is 0 Å². The fraction of sp³-hybridized carbons (Fsp3) is 0.923. The van der Waals surface area contributed by atoms with Crippen molar-refractivity contribution in [3.63, 3.8) is 0 Å². The maximum Gasteiger partial charge on any atom is 0.224 e. The normalized spacial score (nSPS) is 20.8. The first-order valence-electron chi connectivity index (χ1n) is 7.25. The fourth-order valence-corrected chi connectivity index (χ4v) is 3.96. The van der Waals surface area contributed by atoms with Crippen LogP contribution in [-0.2, 0) is 19.6 Å². The van der Waals surface area contributed by atoms with Crippen molar-refractivity contribution < 1.29 is 17.9 Å². The molecule has 0 spiro atoms. The van der Waals surface area contributed by atoms with Crippen molar-refractivity contribution in [3.05, 3.63) is 0 Å². The number of methoxy groups -OCH3 is 1. The number of nitrogens with one attached hydrogen (secondary N) is 1. The molecule has 0 saturated carbocycles. The molecule has 1 amide bonds. The van der Waals surface area contributed by atoms with E-state index in [0.29, 0.717) is 32.7 Å². The minimum atomic E-state index is -3.20. The van der Waals surface area contributed by atoms with Gasteiger partial charge in [0.15, 0.2) is 0 Å². The first kappa shape index (κ1) is 17.4. The van der Waals surface area contributed by atoms with Gasteiger partial charge in [0.25, 0.3) is 0 Å². The molecule has 1 N–H and O–H groups in total. The average Bonchev–Trinajstić information content (AvgIpc) is 2.43. The molecule has 0 aromatic heterocycles. The van der Waals surface area contributed by atoms with Crippen LogP contribution in [0.2, 0.25) is 0 Å². The first-order chi connectivity index (χ1) is 9.51. The van der Waals surface area contributed by atoms with Gasteiger partial charge in [0.1, 0.15) is 0 Å². The van der Waals surface area contributed by atoms with E-state index in [4.69, 9.17) is 4.74 Å². The quantitative estimate of drug-likeness (QED) is 0.666. The van der Waals surface area contributed by atoms with Crippen molar-refractivity contribution in [2.75, 3.05) is 39.1 Å². The maximum absolute atomic E-state index is 12.0. The van der Waals surface area contributed by atoms with E-state index in [1.807, 2.05) is 6.92 Å². The van der Waals surface area contributed by atoms with E-state index in [1.165, 1.54) is 4.31 Å². The smallest absolute Gasteiger partial charge is 0.224 e. The van der Waals surface area contributed by atoms with E-state index >= 15 is 0 Å². The largest absolute Gasteiger partial charge is 0.385 e. The number of sulfonamides is 1. The molecule has 6 nitrogen and oxygen atoms in total. The van der Waals surface area contributed by atoms with Crippen LogP contribution in [0, 0.1) is 5.92 Å². The summed E-state index contributed by atoms with van der Waals surface area (Å²) in [5, 5.41) is 2.85. The Morgan fingerprint density at radius 2 is 2.20 bits per heavy atom. The molecule has 0 aromatic carbocycles. The molecule has 1 aliphatic heterocycles. The zero-order chi connectivity index (χ0) is 15.0. The highest BCUT2D eigenvalue weighted by atomic mass is 32.2. The number of amides is 1. The number of hydrogen-bond acceptors (Lipinski definition) is 4. The van der Waals surface area contributed by atoms with Gasteiger partial charge in [0.2, 0.25) is 15.9 Å². The molecule has 1 heterocycles. The summed E-state index contributed by atoms with van der Waals surface area (Å²) in [4.78, 5) is 12.0. The Morgan fingerprint density at radius 1 is 1.45 bits per heavy atom. The van der Waals surface area contributed by atoms with E-state index in [9.17, 15) is 13.2 Å². The lowest BCUT2D eigenvalue weighted by Gasteiger charge is -2.31. The Labute approximate surface area is 121 Å². The second kappa shape index (κ2) is 8.59. The number of piperidine rings is 1. The second-order valence-electron chi connectivity index (χ2n) is 5.15. The molecule has 20 heavy (non-hydrogen) atoms. The number of carbonyl (C=O) groups is 1. The number of hydrogen-bond donors (Lipinski definition) is 1. The van der Waals surface area contributed by atoms with Gasteiger partial charge in [0.05, 0.1) is 11.7 Å². The van der Waals surface area contributed by atoms with E-state index < -0.39 is 10.0 Å². The minimum Gasteiger partial charge on any atom is -0.385 e. The molecule has 0 bridgehead atoms. The highest BCUT2D eigenvalue weighted by Gasteiger charge is 2.31. The van der Waals surface area contributed by atoms with E-state index in [-0.39, 0.29) is 17.6 Å². The third kappa shape index (κ3) is 5.38. The molecule has 1 aliphatic rings. The molecule has 118 valence electrons.